The van der Waals surface area contributed by atoms with Crippen LogP contribution in [0.2, 0.25) is 0 Å². The first kappa shape index (κ1) is 32.6. The summed E-state index contributed by atoms with van der Waals surface area (Å²) in [5.41, 5.74) is -4.08. The zero-order valence-electron chi connectivity index (χ0n) is 24.0. The summed E-state index contributed by atoms with van der Waals surface area (Å²) < 4.78 is 62.2. The van der Waals surface area contributed by atoms with Crippen molar-refractivity contribution in [3.63, 3.8) is 0 Å². The second kappa shape index (κ2) is 14.0. The lowest BCUT2D eigenvalue weighted by Crippen LogP contribution is -2.32. The molecule has 232 valence electrons. The molecule has 2 N–H and O–H groups in total. The van der Waals surface area contributed by atoms with Crippen LogP contribution in [0.4, 0.5) is 18.9 Å². The number of anilines is 1. The van der Waals surface area contributed by atoms with E-state index in [1.165, 1.54) is 49.9 Å². The topological polar surface area (TPSA) is 118 Å². The number of sulfone groups is 1. The van der Waals surface area contributed by atoms with Gasteiger partial charge in [-0.15, -0.1) is 11.3 Å². The van der Waals surface area contributed by atoms with Crippen molar-refractivity contribution in [2.24, 2.45) is 16.8 Å². The van der Waals surface area contributed by atoms with Crippen molar-refractivity contribution in [2.75, 3.05) is 5.32 Å². The van der Waals surface area contributed by atoms with Gasteiger partial charge in [-0.05, 0) is 62.3 Å². The highest BCUT2D eigenvalue weighted by molar-refractivity contribution is 7.92. The molecule has 43 heavy (non-hydrogen) atoms. The second-order valence-electron chi connectivity index (χ2n) is 11.0. The molecule has 2 atom stereocenters. The van der Waals surface area contributed by atoms with Crippen LogP contribution >= 0.6 is 11.3 Å². The third-order valence-corrected chi connectivity index (χ3v) is 10.4. The molecule has 13 heteroatoms. The summed E-state index contributed by atoms with van der Waals surface area (Å²) in [5.74, 6) is -0.0294. The van der Waals surface area contributed by atoms with Crippen LogP contribution in [0.25, 0.3) is 0 Å². The SMILES string of the molecule is CC1C/C=C/N=C(C(=O)NC(C)c2ncc(C(=O)Nc3cccc(S(=O)(=O)C(F)(F)F)c3)s2)\C=C/1CCC1CCCCC1. The standard InChI is InChI=1S/C30H35F3N4O4S2/c1-19-8-7-15-34-25(16-22(19)14-13-21-9-4-3-5-10-21)27(38)36-20(2)29-35-18-26(42-29)28(39)37-23-11-6-12-24(17-23)43(40,41)30(31,32)33/h6-7,11-12,15-21H,3-5,8-10,13-14H2,1-2H3,(H,36,38)(H,37,39)/b15-7+,22-16-,34-25+. The fourth-order valence-electron chi connectivity index (χ4n) is 5.19. The van der Waals surface area contributed by atoms with Gasteiger partial charge in [0.25, 0.3) is 21.7 Å². The van der Waals surface area contributed by atoms with Gasteiger partial charge in [0.1, 0.15) is 15.6 Å². The van der Waals surface area contributed by atoms with Gasteiger partial charge in [0.2, 0.25) is 0 Å². The van der Waals surface area contributed by atoms with Crippen LogP contribution in [0.5, 0.6) is 0 Å². The summed E-state index contributed by atoms with van der Waals surface area (Å²) in [6.07, 6.45) is 16.1. The van der Waals surface area contributed by atoms with Crippen LogP contribution in [0.1, 0.15) is 85.9 Å². The Balaban J connectivity index is 1.40. The number of hydrogen-bond donors (Lipinski definition) is 2. The van der Waals surface area contributed by atoms with Gasteiger partial charge in [-0.2, -0.15) is 13.2 Å². The molecule has 1 fully saturated rings. The Kier molecular flexibility index (Phi) is 10.6. The molecule has 8 nitrogen and oxygen atoms in total. The summed E-state index contributed by atoms with van der Waals surface area (Å²) in [6, 6.07) is 3.37. The second-order valence-corrected chi connectivity index (χ2v) is 14.0. The first-order valence-electron chi connectivity index (χ1n) is 14.3. The first-order chi connectivity index (χ1) is 20.3. The van der Waals surface area contributed by atoms with Gasteiger partial charge in [0.15, 0.2) is 0 Å². The van der Waals surface area contributed by atoms with Gasteiger partial charge in [0, 0.05) is 11.9 Å². The van der Waals surface area contributed by atoms with E-state index >= 15 is 0 Å². The normalized spacial score (nSPS) is 22.2. The molecule has 2 amide bonds. The maximum Gasteiger partial charge on any atom is 0.501 e. The molecule has 0 spiro atoms. The summed E-state index contributed by atoms with van der Waals surface area (Å²) in [4.78, 5) is 33.7. The molecule has 2 aliphatic rings. The Morgan fingerprint density at radius 3 is 2.60 bits per heavy atom. The predicted molar refractivity (Wildman–Crippen MR) is 161 cm³/mol. The van der Waals surface area contributed by atoms with E-state index in [1.54, 1.807) is 13.1 Å². The van der Waals surface area contributed by atoms with Gasteiger partial charge < -0.3 is 10.6 Å². The maximum atomic E-state index is 13.2. The van der Waals surface area contributed by atoms with E-state index in [2.05, 4.69) is 27.5 Å². The van der Waals surface area contributed by atoms with E-state index in [0.717, 1.165) is 54.7 Å². The highest BCUT2D eigenvalue weighted by Crippen LogP contribution is 2.33. The fourth-order valence-corrected chi connectivity index (χ4v) is 6.81. The number of alkyl halides is 3. The van der Waals surface area contributed by atoms with E-state index < -0.39 is 32.2 Å². The number of benzene rings is 1. The quantitative estimate of drug-likeness (QED) is 0.303. The molecule has 4 rings (SSSR count). The van der Waals surface area contributed by atoms with Crippen molar-refractivity contribution >= 4 is 44.4 Å². The number of amides is 2. The molecule has 1 aromatic heterocycles. The maximum absolute atomic E-state index is 13.2. The van der Waals surface area contributed by atoms with Crippen molar-refractivity contribution in [2.45, 2.75) is 81.7 Å². The van der Waals surface area contributed by atoms with Crippen LogP contribution in [0.15, 0.2) is 64.3 Å². The molecular formula is C30H35F3N4O4S2. The van der Waals surface area contributed by atoms with Crippen molar-refractivity contribution in [1.29, 1.82) is 0 Å². The van der Waals surface area contributed by atoms with E-state index in [9.17, 15) is 31.2 Å². The Bertz CT molecular complexity index is 1520. The highest BCUT2D eigenvalue weighted by atomic mass is 32.2. The van der Waals surface area contributed by atoms with Gasteiger partial charge in [0.05, 0.1) is 17.1 Å². The molecule has 1 aliphatic heterocycles. The van der Waals surface area contributed by atoms with Crippen molar-refractivity contribution < 1.29 is 31.2 Å². The molecule has 1 aliphatic carbocycles. The Labute approximate surface area is 253 Å². The van der Waals surface area contributed by atoms with Crippen molar-refractivity contribution in [3.8, 4) is 0 Å². The minimum atomic E-state index is -5.57. The first-order valence-corrected chi connectivity index (χ1v) is 16.6. The number of halogens is 3. The number of carbonyl (C=O) groups is 2. The van der Waals surface area contributed by atoms with Crippen LogP contribution in [-0.4, -0.2) is 36.4 Å². The van der Waals surface area contributed by atoms with Gasteiger partial charge in [-0.1, -0.05) is 56.7 Å². The van der Waals surface area contributed by atoms with E-state index in [4.69, 9.17) is 0 Å². The molecule has 2 unspecified atom stereocenters. The Morgan fingerprint density at radius 2 is 1.88 bits per heavy atom. The average Bonchev–Trinajstić information content (AvgIpc) is 3.46. The van der Waals surface area contributed by atoms with Crippen molar-refractivity contribution in [1.82, 2.24) is 10.3 Å². The number of aromatic nitrogens is 1. The van der Waals surface area contributed by atoms with E-state index in [1.807, 2.05) is 12.2 Å². The number of allylic oxidation sites excluding steroid dienone is 2. The molecule has 0 saturated heterocycles. The number of carbonyl (C=O) groups excluding carboxylic acids is 2. The largest absolute Gasteiger partial charge is 0.501 e. The summed E-state index contributed by atoms with van der Waals surface area (Å²) >= 11 is 0.998. The minimum absolute atomic E-state index is 0.123. The number of nitrogens with zero attached hydrogens (tertiary/aromatic N) is 2. The lowest BCUT2D eigenvalue weighted by Gasteiger charge is -2.24. The molecule has 0 radical (unpaired) electrons. The summed E-state index contributed by atoms with van der Waals surface area (Å²) in [7, 11) is -5.57. The number of nitrogens with one attached hydrogen (secondary N) is 2. The molecule has 2 aromatic rings. The minimum Gasteiger partial charge on any atom is -0.342 e. The number of aliphatic imine (C=N–C) groups is 1. The Morgan fingerprint density at radius 1 is 1.14 bits per heavy atom. The van der Waals surface area contributed by atoms with Gasteiger partial charge >= 0.3 is 5.51 Å². The van der Waals surface area contributed by atoms with Crippen LogP contribution < -0.4 is 10.6 Å². The van der Waals surface area contributed by atoms with E-state index in [0.29, 0.717) is 16.6 Å². The molecule has 1 aromatic carbocycles. The third kappa shape index (κ3) is 8.41. The smallest absolute Gasteiger partial charge is 0.342 e. The fraction of sp³-hybridized carbons (Fsp3) is 0.467. The molecular weight excluding hydrogens is 601 g/mol. The number of hydrogen-bond acceptors (Lipinski definition) is 7. The zero-order chi connectivity index (χ0) is 31.2. The predicted octanol–water partition coefficient (Wildman–Crippen LogP) is 7.15. The van der Waals surface area contributed by atoms with Crippen LogP contribution in [-0.2, 0) is 14.6 Å². The summed E-state index contributed by atoms with van der Waals surface area (Å²) in [5, 5.41) is 5.73. The summed E-state index contributed by atoms with van der Waals surface area (Å²) in [6.45, 7) is 3.88. The highest BCUT2D eigenvalue weighted by Gasteiger charge is 2.46. The van der Waals surface area contributed by atoms with Crippen LogP contribution in [0, 0.1) is 11.8 Å². The van der Waals surface area contributed by atoms with Crippen molar-refractivity contribution in [3.05, 3.63) is 64.3 Å². The van der Waals surface area contributed by atoms with Gasteiger partial charge in [-0.3, -0.25) is 14.6 Å². The number of thiazole rings is 1. The zero-order valence-corrected chi connectivity index (χ0v) is 25.6. The lowest BCUT2D eigenvalue weighted by atomic mass is 9.83. The number of rotatable bonds is 9. The third-order valence-electron chi connectivity index (χ3n) is 7.73. The lowest BCUT2D eigenvalue weighted by molar-refractivity contribution is -0.115. The monoisotopic (exact) mass is 636 g/mol. The van der Waals surface area contributed by atoms with Gasteiger partial charge in [-0.25, -0.2) is 13.4 Å². The molecule has 0 bridgehead atoms. The molecule has 2 heterocycles. The molecule has 1 saturated carbocycles. The Hall–Kier alpha value is -3.32. The van der Waals surface area contributed by atoms with E-state index in [-0.39, 0.29) is 16.5 Å². The average molecular weight is 637 g/mol. The van der Waals surface area contributed by atoms with Crippen LogP contribution in [0.3, 0.4) is 0 Å².